The second kappa shape index (κ2) is 13.1. The minimum Gasteiger partial charge on any atom is -0.502 e. The molecule has 2 heterocycles. The summed E-state index contributed by atoms with van der Waals surface area (Å²) in [5.41, 5.74) is 5.31. The van der Waals surface area contributed by atoms with Crippen LogP contribution in [0.2, 0.25) is 0 Å². The van der Waals surface area contributed by atoms with Crippen LogP contribution in [0.1, 0.15) is 54.3 Å². The van der Waals surface area contributed by atoms with Gasteiger partial charge in [-0.25, -0.2) is 5.48 Å². The number of esters is 1. The van der Waals surface area contributed by atoms with Crippen molar-refractivity contribution in [2.45, 2.75) is 37.6 Å². The summed E-state index contributed by atoms with van der Waals surface area (Å²) in [5.74, 6) is -0.921. The second-order valence-corrected chi connectivity index (χ2v) is 11.4. The normalized spacial score (nSPS) is 20.6. The summed E-state index contributed by atoms with van der Waals surface area (Å²) >= 11 is 0. The zero-order valence-corrected chi connectivity index (χ0v) is 25.3. The number of benzene rings is 3. The number of unbranched alkanes of at least 4 members (excludes halogenated alkanes) is 1. The van der Waals surface area contributed by atoms with Crippen molar-refractivity contribution < 1.29 is 48.4 Å². The molecular formula is C33H35N3O10. The lowest BCUT2D eigenvalue weighted by atomic mass is 9.65. The molecule has 6 rings (SSSR count). The summed E-state index contributed by atoms with van der Waals surface area (Å²) in [7, 11) is 2.90. The van der Waals surface area contributed by atoms with E-state index in [1.807, 2.05) is 30.3 Å². The maximum atomic E-state index is 13.4. The third-order valence-corrected chi connectivity index (χ3v) is 8.70. The topological polar surface area (TPSA) is 174 Å². The van der Waals surface area contributed by atoms with Gasteiger partial charge in [-0.05, 0) is 72.0 Å². The van der Waals surface area contributed by atoms with Gasteiger partial charge in [-0.2, -0.15) is 0 Å². The number of hydrogen-bond acceptors (Lipinski definition) is 11. The highest BCUT2D eigenvalue weighted by atomic mass is 16.7. The van der Waals surface area contributed by atoms with Crippen molar-refractivity contribution in [3.8, 4) is 28.7 Å². The number of hydrogen-bond donors (Lipinski definition) is 5. The number of anilines is 2. The smallest absolute Gasteiger partial charge is 0.310 e. The van der Waals surface area contributed by atoms with Crippen LogP contribution in [0.4, 0.5) is 11.4 Å². The molecule has 0 aromatic heterocycles. The van der Waals surface area contributed by atoms with Gasteiger partial charge in [0.1, 0.15) is 0 Å². The maximum Gasteiger partial charge on any atom is 0.310 e. The van der Waals surface area contributed by atoms with E-state index in [9.17, 15) is 19.5 Å². The largest absolute Gasteiger partial charge is 0.502 e. The highest BCUT2D eigenvalue weighted by Gasteiger charge is 2.52. The summed E-state index contributed by atoms with van der Waals surface area (Å²) in [4.78, 5) is 37.2. The van der Waals surface area contributed by atoms with Crippen LogP contribution in [0.15, 0.2) is 48.5 Å². The molecule has 1 saturated heterocycles. The average Bonchev–Trinajstić information content (AvgIpc) is 3.68. The van der Waals surface area contributed by atoms with Crippen LogP contribution >= 0.6 is 0 Å². The van der Waals surface area contributed by atoms with Crippen LogP contribution in [0.5, 0.6) is 28.7 Å². The first-order valence-corrected chi connectivity index (χ1v) is 15.0. The maximum absolute atomic E-state index is 13.4. The Morgan fingerprint density at radius 2 is 1.54 bits per heavy atom. The molecule has 0 spiro atoms. The Morgan fingerprint density at radius 1 is 0.891 bits per heavy atom. The van der Waals surface area contributed by atoms with Crippen molar-refractivity contribution in [2.75, 3.05) is 38.3 Å². The molecule has 3 aromatic rings. The number of carbonyl (C=O) groups is 3. The molecule has 0 saturated carbocycles. The first-order valence-electron chi connectivity index (χ1n) is 15.0. The van der Waals surface area contributed by atoms with Crippen molar-refractivity contribution in [3.05, 3.63) is 65.2 Å². The Hall–Kier alpha value is -5.17. The number of carbonyl (C=O) groups excluding carboxylic acids is 3. The van der Waals surface area contributed by atoms with E-state index < -0.39 is 17.7 Å². The highest BCUT2D eigenvalue weighted by Crippen LogP contribution is 2.56. The molecule has 46 heavy (non-hydrogen) atoms. The van der Waals surface area contributed by atoms with Gasteiger partial charge in [-0.1, -0.05) is 6.07 Å². The fraction of sp³-hybridized carbons (Fsp3) is 0.364. The predicted octanol–water partition coefficient (Wildman–Crippen LogP) is 4.23. The molecule has 0 unspecified atom stereocenters. The van der Waals surface area contributed by atoms with Gasteiger partial charge < -0.3 is 39.4 Å². The van der Waals surface area contributed by atoms with Gasteiger partial charge in [0.2, 0.25) is 24.4 Å². The molecule has 0 bridgehead atoms. The fourth-order valence-electron chi connectivity index (χ4n) is 6.56. The van der Waals surface area contributed by atoms with Crippen LogP contribution in [-0.2, 0) is 19.1 Å². The van der Waals surface area contributed by atoms with E-state index in [2.05, 4.69) is 10.6 Å². The number of cyclic esters (lactones) is 1. The van der Waals surface area contributed by atoms with Crippen LogP contribution in [0, 0.1) is 11.8 Å². The van der Waals surface area contributed by atoms with Crippen LogP contribution in [0.3, 0.4) is 0 Å². The number of methoxy groups -OCH3 is 2. The standard InChI is InChI=1S/C33H35N3O10/c1-42-25-10-17(11-26(43-2)32(25)39)29-20-13-23-24(46-16-45-23)14-21(20)31(22-15-44-33(40)30(22)29)35-19-7-5-6-18(12-19)34-27(37)8-3-4-9-28(38)36-41/h5-7,10-14,22,29-31,35,39,41H,3-4,8-9,15-16H2,1-2H3,(H,34,37)(H,36,38)/t22-,29+,30-,31+/m0/s1. The van der Waals surface area contributed by atoms with E-state index in [1.165, 1.54) is 14.2 Å². The lowest BCUT2D eigenvalue weighted by Crippen LogP contribution is -2.37. The Morgan fingerprint density at radius 3 is 2.22 bits per heavy atom. The third-order valence-electron chi connectivity index (χ3n) is 8.70. The number of fused-ring (bicyclic) bond motifs is 3. The zero-order chi connectivity index (χ0) is 32.4. The number of aromatic hydroxyl groups is 1. The van der Waals surface area contributed by atoms with Crippen LogP contribution < -0.4 is 35.1 Å². The van der Waals surface area contributed by atoms with Gasteiger partial charge in [0.05, 0.1) is 32.8 Å². The summed E-state index contributed by atoms with van der Waals surface area (Å²) < 4.78 is 28.0. The lowest BCUT2D eigenvalue weighted by molar-refractivity contribution is -0.141. The van der Waals surface area contributed by atoms with E-state index in [4.69, 9.17) is 28.9 Å². The van der Waals surface area contributed by atoms with E-state index in [1.54, 1.807) is 23.7 Å². The number of amides is 2. The zero-order valence-electron chi connectivity index (χ0n) is 25.3. The summed E-state index contributed by atoms with van der Waals surface area (Å²) in [6.07, 6.45) is 1.31. The van der Waals surface area contributed by atoms with Gasteiger partial charge >= 0.3 is 5.97 Å². The highest BCUT2D eigenvalue weighted by molar-refractivity contribution is 5.91. The summed E-state index contributed by atoms with van der Waals surface area (Å²) in [5, 5.41) is 25.7. The van der Waals surface area contributed by atoms with E-state index in [0.29, 0.717) is 35.6 Å². The Balaban J connectivity index is 1.32. The monoisotopic (exact) mass is 633 g/mol. The first kappa shape index (κ1) is 30.8. The molecule has 13 heteroatoms. The number of phenols is 1. The molecule has 242 valence electrons. The molecule has 4 atom stereocenters. The first-order chi connectivity index (χ1) is 22.3. The van der Waals surface area contributed by atoms with E-state index >= 15 is 0 Å². The van der Waals surface area contributed by atoms with Crippen molar-refractivity contribution in [3.63, 3.8) is 0 Å². The molecular weight excluding hydrogens is 598 g/mol. The number of ether oxygens (including phenoxy) is 5. The van der Waals surface area contributed by atoms with E-state index in [0.717, 1.165) is 16.8 Å². The molecule has 3 aliphatic rings. The minimum atomic E-state index is -0.583. The molecule has 13 nitrogen and oxygen atoms in total. The van der Waals surface area contributed by atoms with E-state index in [-0.39, 0.29) is 67.3 Å². The minimum absolute atomic E-state index is 0.0765. The Bertz CT molecular complexity index is 1640. The van der Waals surface area contributed by atoms with Gasteiger partial charge in [-0.15, -0.1) is 0 Å². The molecule has 1 aliphatic carbocycles. The number of hydroxylamine groups is 1. The molecule has 5 N–H and O–H groups in total. The van der Waals surface area contributed by atoms with Crippen molar-refractivity contribution in [1.29, 1.82) is 0 Å². The lowest BCUT2D eigenvalue weighted by Gasteiger charge is -2.40. The fourth-order valence-corrected chi connectivity index (χ4v) is 6.56. The predicted molar refractivity (Wildman–Crippen MR) is 163 cm³/mol. The van der Waals surface area contributed by atoms with Gasteiger partial charge in [0, 0.05) is 36.1 Å². The Labute approximate surface area is 264 Å². The van der Waals surface area contributed by atoms with Crippen molar-refractivity contribution in [1.82, 2.24) is 5.48 Å². The second-order valence-electron chi connectivity index (χ2n) is 11.4. The van der Waals surface area contributed by atoms with Crippen LogP contribution in [0.25, 0.3) is 0 Å². The van der Waals surface area contributed by atoms with Gasteiger partial charge in [-0.3, -0.25) is 19.6 Å². The Kier molecular flexibility index (Phi) is 8.75. The number of phenolic OH excluding ortho intramolecular Hbond substituents is 1. The average molecular weight is 634 g/mol. The third kappa shape index (κ3) is 5.93. The van der Waals surface area contributed by atoms with Crippen molar-refractivity contribution in [2.24, 2.45) is 11.8 Å². The quantitative estimate of drug-likeness (QED) is 0.0885. The number of nitrogens with one attached hydrogen (secondary N) is 3. The van der Waals surface area contributed by atoms with Crippen molar-refractivity contribution >= 4 is 29.2 Å². The molecule has 2 aliphatic heterocycles. The molecule has 0 radical (unpaired) electrons. The van der Waals surface area contributed by atoms with Crippen LogP contribution in [-0.4, -0.2) is 55.7 Å². The van der Waals surface area contributed by atoms with Gasteiger partial charge in [0.25, 0.3) is 0 Å². The molecule has 2 amide bonds. The number of rotatable bonds is 11. The SMILES string of the molecule is COc1cc([C@@H]2c3cc4c(cc3[C@@H](Nc3cccc(NC(=O)CCCCC(=O)NO)c3)[C@H]3COC(=O)[C@H]23)OCO4)cc(OC)c1O. The molecule has 1 fully saturated rings. The summed E-state index contributed by atoms with van der Waals surface area (Å²) in [6.45, 7) is 0.260. The molecule has 3 aromatic carbocycles. The summed E-state index contributed by atoms with van der Waals surface area (Å²) in [6, 6.07) is 14.2. The van der Waals surface area contributed by atoms with Gasteiger partial charge in [0.15, 0.2) is 23.0 Å².